The summed E-state index contributed by atoms with van der Waals surface area (Å²) in [6, 6.07) is 19.8. The number of piperazine rings is 1. The van der Waals surface area contributed by atoms with Crippen molar-refractivity contribution in [3.8, 4) is 5.88 Å². The van der Waals surface area contributed by atoms with E-state index in [1.807, 2.05) is 23.1 Å². The Labute approximate surface area is 256 Å². The monoisotopic (exact) mass is 591 g/mol. The van der Waals surface area contributed by atoms with Crippen LogP contribution in [0.3, 0.4) is 0 Å². The van der Waals surface area contributed by atoms with Gasteiger partial charge in [0, 0.05) is 55.2 Å². The topological polar surface area (TPSA) is 101 Å². The van der Waals surface area contributed by atoms with E-state index in [4.69, 9.17) is 9.73 Å². The van der Waals surface area contributed by atoms with E-state index in [2.05, 4.69) is 52.2 Å². The Kier molecular flexibility index (Phi) is 7.43. The number of aromatic nitrogens is 1. The first-order valence-corrected chi connectivity index (χ1v) is 15.3. The van der Waals surface area contributed by atoms with E-state index in [9.17, 15) is 14.7 Å². The van der Waals surface area contributed by atoms with Gasteiger partial charge in [0.15, 0.2) is 5.88 Å². The molecule has 1 amide bonds. The molecule has 0 saturated carbocycles. The lowest BCUT2D eigenvalue weighted by Gasteiger charge is -2.32. The third-order valence-electron chi connectivity index (χ3n) is 9.36. The van der Waals surface area contributed by atoms with E-state index in [0.717, 1.165) is 73.5 Å². The quantitative estimate of drug-likeness (QED) is 0.256. The van der Waals surface area contributed by atoms with Gasteiger partial charge in [-0.1, -0.05) is 30.3 Å². The Morgan fingerprint density at radius 2 is 1.70 bits per heavy atom. The maximum Gasteiger partial charge on any atom is 0.337 e. The van der Waals surface area contributed by atoms with Crippen molar-refractivity contribution in [3.05, 3.63) is 88.5 Å². The van der Waals surface area contributed by atoms with Crippen molar-refractivity contribution in [1.82, 2.24) is 14.8 Å². The lowest BCUT2D eigenvalue weighted by atomic mass is 9.92. The molecule has 0 radical (unpaired) electrons. The highest BCUT2D eigenvalue weighted by Gasteiger charge is 2.31. The zero-order chi connectivity index (χ0) is 30.4. The number of nitrogens with zero attached hydrogens (tertiary/aromatic N) is 4. The highest BCUT2D eigenvalue weighted by atomic mass is 16.5. The van der Waals surface area contributed by atoms with Crippen LogP contribution in [0.4, 0.5) is 11.4 Å². The Hall–Kier alpha value is -4.47. The molecular formula is C35H37N5O4. The van der Waals surface area contributed by atoms with Gasteiger partial charge in [0.1, 0.15) is 0 Å². The summed E-state index contributed by atoms with van der Waals surface area (Å²) in [5.74, 6) is -0.202. The molecule has 9 heteroatoms. The van der Waals surface area contributed by atoms with Crippen LogP contribution >= 0.6 is 0 Å². The highest BCUT2D eigenvalue weighted by molar-refractivity contribution is 6.15. The summed E-state index contributed by atoms with van der Waals surface area (Å²) in [5, 5.41) is 12.0. The van der Waals surface area contributed by atoms with Crippen LogP contribution in [-0.4, -0.2) is 90.9 Å². The number of ether oxygens (including phenoxy) is 1. The first-order valence-electron chi connectivity index (χ1n) is 15.3. The number of aromatic amines is 1. The molecule has 1 saturated heterocycles. The number of amides is 1. The summed E-state index contributed by atoms with van der Waals surface area (Å²) in [5.41, 5.74) is 7.96. The molecule has 44 heavy (non-hydrogen) atoms. The van der Waals surface area contributed by atoms with Crippen LogP contribution in [0.1, 0.15) is 32.6 Å². The van der Waals surface area contributed by atoms with E-state index >= 15 is 0 Å². The number of carbonyl (C=O) groups is 2. The van der Waals surface area contributed by atoms with Gasteiger partial charge in [-0.05, 0) is 73.3 Å². The van der Waals surface area contributed by atoms with Crippen LogP contribution in [0, 0.1) is 5.92 Å². The van der Waals surface area contributed by atoms with Crippen LogP contribution in [0.5, 0.6) is 5.88 Å². The number of H-pyrrole nitrogens is 1. The number of hydrogen-bond donors (Lipinski definition) is 2. The van der Waals surface area contributed by atoms with Crippen molar-refractivity contribution >= 4 is 39.9 Å². The Bertz CT molecular complexity index is 1760. The van der Waals surface area contributed by atoms with E-state index < -0.39 is 5.97 Å². The summed E-state index contributed by atoms with van der Waals surface area (Å²) in [6.07, 6.45) is 2.42. The van der Waals surface area contributed by atoms with Gasteiger partial charge < -0.3 is 24.6 Å². The zero-order valence-corrected chi connectivity index (χ0v) is 25.2. The van der Waals surface area contributed by atoms with E-state index in [1.165, 1.54) is 18.2 Å². The van der Waals surface area contributed by atoms with Crippen LogP contribution in [0.2, 0.25) is 0 Å². The number of aliphatic imine (C=N–C) groups is 1. The van der Waals surface area contributed by atoms with E-state index in [1.54, 1.807) is 12.1 Å². The molecule has 0 atom stereocenters. The third kappa shape index (κ3) is 5.27. The summed E-state index contributed by atoms with van der Waals surface area (Å²) in [6.45, 7) is 4.91. The minimum Gasteiger partial charge on any atom is -0.494 e. The number of esters is 1. The number of aromatic hydroxyl groups is 1. The molecule has 0 spiro atoms. The van der Waals surface area contributed by atoms with Gasteiger partial charge in [0.2, 0.25) is 5.91 Å². The van der Waals surface area contributed by atoms with Crippen molar-refractivity contribution in [2.75, 3.05) is 58.3 Å². The second kappa shape index (κ2) is 11.6. The largest absolute Gasteiger partial charge is 0.494 e. The third-order valence-corrected chi connectivity index (χ3v) is 9.36. The average molecular weight is 592 g/mol. The molecule has 4 aromatic rings. The smallest absolute Gasteiger partial charge is 0.337 e. The minimum atomic E-state index is -0.433. The summed E-state index contributed by atoms with van der Waals surface area (Å²) >= 11 is 0. The lowest BCUT2D eigenvalue weighted by molar-refractivity contribution is -0.120. The number of carbonyl (C=O) groups excluding carboxylic acids is 2. The molecule has 1 aliphatic carbocycles. The molecule has 0 unspecified atom stereocenters. The molecule has 226 valence electrons. The normalized spacial score (nSPS) is 17.7. The second-order valence-electron chi connectivity index (χ2n) is 12.2. The Morgan fingerprint density at radius 1 is 0.955 bits per heavy atom. The molecule has 0 bridgehead atoms. The Morgan fingerprint density at radius 3 is 2.43 bits per heavy atom. The summed E-state index contributed by atoms with van der Waals surface area (Å²) in [4.78, 5) is 40.2. The van der Waals surface area contributed by atoms with Crippen LogP contribution < -0.4 is 4.90 Å². The molecule has 3 heterocycles. The van der Waals surface area contributed by atoms with Gasteiger partial charge in [0.05, 0.1) is 36.2 Å². The fourth-order valence-electron chi connectivity index (χ4n) is 6.93. The van der Waals surface area contributed by atoms with Crippen molar-refractivity contribution in [2.45, 2.75) is 19.3 Å². The molecule has 3 aliphatic rings. The zero-order valence-electron chi connectivity index (χ0n) is 25.2. The van der Waals surface area contributed by atoms with Gasteiger partial charge in [-0.2, -0.15) is 0 Å². The lowest BCUT2D eigenvalue weighted by Crippen LogP contribution is -2.48. The van der Waals surface area contributed by atoms with Crippen molar-refractivity contribution < 1.29 is 19.4 Å². The fourth-order valence-corrected chi connectivity index (χ4v) is 6.93. The van der Waals surface area contributed by atoms with Gasteiger partial charge in [-0.3, -0.25) is 14.7 Å². The number of likely N-dealkylation sites (N-methyl/N-ethyl adjacent to an activating group) is 1. The summed E-state index contributed by atoms with van der Waals surface area (Å²) < 4.78 is 4.90. The number of fused-ring (bicyclic) bond motifs is 3. The van der Waals surface area contributed by atoms with Crippen LogP contribution in [0.15, 0.2) is 65.7 Å². The highest BCUT2D eigenvalue weighted by Crippen LogP contribution is 2.38. The Balaban J connectivity index is 1.22. The van der Waals surface area contributed by atoms with Gasteiger partial charge in [0.25, 0.3) is 0 Å². The number of hydrogen-bond acceptors (Lipinski definition) is 7. The molecule has 1 aromatic heterocycles. The fraction of sp³-hybridized carbons (Fsp3) is 0.343. The number of rotatable bonds is 6. The molecular weight excluding hydrogens is 554 g/mol. The van der Waals surface area contributed by atoms with Crippen molar-refractivity contribution in [1.29, 1.82) is 0 Å². The van der Waals surface area contributed by atoms with E-state index in [0.29, 0.717) is 29.7 Å². The first-order chi connectivity index (χ1) is 21.4. The second-order valence-corrected chi connectivity index (χ2v) is 12.2. The van der Waals surface area contributed by atoms with Crippen molar-refractivity contribution in [3.63, 3.8) is 0 Å². The standard InChI is InChI=1S/C35H37N5O4/c1-38-13-15-39(16-14-38)21-31(41)40-12-11-24-19-27(8-10-30(24)40)36-33(26-17-22-5-3-4-6-23(22)18-26)32-28-9-7-25(35(43)44-2)20-29(28)37-34(32)42/h3-10,19-20,26,37,42H,11-18,21H2,1-2H3. The number of anilines is 1. The molecule has 1 fully saturated rings. The number of nitrogens with one attached hydrogen (secondary N) is 1. The maximum atomic E-state index is 13.3. The maximum absolute atomic E-state index is 13.3. The van der Waals surface area contributed by atoms with Gasteiger partial charge >= 0.3 is 5.97 Å². The predicted molar refractivity (Wildman–Crippen MR) is 171 cm³/mol. The van der Waals surface area contributed by atoms with Gasteiger partial charge in [-0.15, -0.1) is 0 Å². The molecule has 7 rings (SSSR count). The first kappa shape index (κ1) is 28.3. The van der Waals surface area contributed by atoms with Crippen LogP contribution in [-0.2, 0) is 28.8 Å². The molecule has 2 N–H and O–H groups in total. The minimum absolute atomic E-state index is 0.0264. The predicted octanol–water partition coefficient (Wildman–Crippen LogP) is 4.33. The average Bonchev–Trinajstić information content (AvgIpc) is 3.74. The number of methoxy groups -OCH3 is 1. The number of benzene rings is 3. The van der Waals surface area contributed by atoms with Crippen LogP contribution in [0.25, 0.3) is 10.9 Å². The van der Waals surface area contributed by atoms with Gasteiger partial charge in [-0.25, -0.2) is 4.79 Å². The SMILES string of the molecule is COC(=O)c1ccc2c(C(=Nc3ccc4c(c3)CCN4C(=O)CN3CCN(C)CC3)C3Cc4ccccc4C3)c(O)[nH]c2c1. The van der Waals surface area contributed by atoms with Crippen molar-refractivity contribution in [2.24, 2.45) is 10.9 Å². The molecule has 3 aromatic carbocycles. The van der Waals surface area contributed by atoms with E-state index in [-0.39, 0.29) is 17.7 Å². The summed E-state index contributed by atoms with van der Waals surface area (Å²) in [7, 11) is 3.47. The molecule has 9 nitrogen and oxygen atoms in total. The molecule has 2 aliphatic heterocycles.